The first-order valence-electron chi connectivity index (χ1n) is 6.28. The third-order valence-electron chi connectivity index (χ3n) is 3.05. The Kier molecular flexibility index (Phi) is 3.60. The van der Waals surface area contributed by atoms with Crippen molar-refractivity contribution in [1.29, 1.82) is 0 Å². The summed E-state index contributed by atoms with van der Waals surface area (Å²) in [6.07, 6.45) is 0. The highest BCUT2D eigenvalue weighted by Crippen LogP contribution is 2.28. The average Bonchev–Trinajstić information content (AvgIpc) is 2.92. The number of aromatic carboxylic acids is 1. The van der Waals surface area contributed by atoms with Gasteiger partial charge in [-0.05, 0) is 24.3 Å². The van der Waals surface area contributed by atoms with Crippen LogP contribution in [0.25, 0.3) is 16.9 Å². The van der Waals surface area contributed by atoms with Gasteiger partial charge in [0.15, 0.2) is 5.69 Å². The molecule has 0 radical (unpaired) electrons. The van der Waals surface area contributed by atoms with E-state index in [2.05, 4.69) is 10.3 Å². The van der Waals surface area contributed by atoms with Gasteiger partial charge in [0.05, 0.1) is 0 Å². The van der Waals surface area contributed by atoms with Crippen LogP contribution in [0.15, 0.2) is 48.5 Å². The molecule has 0 atom stereocenters. The van der Waals surface area contributed by atoms with Crippen molar-refractivity contribution in [3.8, 4) is 16.9 Å². The number of halogens is 2. The Hall–Kier alpha value is -2.73. The van der Waals surface area contributed by atoms with Gasteiger partial charge in [0, 0.05) is 10.6 Å². The smallest absolute Gasteiger partial charge is 0.358 e. The Morgan fingerprint density at radius 3 is 2.64 bits per heavy atom. The van der Waals surface area contributed by atoms with Crippen molar-refractivity contribution in [3.05, 3.63) is 65.1 Å². The number of carboxylic acids is 1. The van der Waals surface area contributed by atoms with Crippen LogP contribution in [0.1, 0.15) is 10.5 Å². The minimum atomic E-state index is -1.25. The zero-order valence-electron chi connectivity index (χ0n) is 11.1. The number of carboxylic acid groups (broad SMARTS) is 1. The number of nitrogens with zero attached hydrogens (tertiary/aromatic N) is 3. The fourth-order valence-corrected chi connectivity index (χ4v) is 2.30. The molecule has 0 bridgehead atoms. The van der Waals surface area contributed by atoms with Crippen molar-refractivity contribution in [2.45, 2.75) is 0 Å². The maximum absolute atomic E-state index is 14.0. The summed E-state index contributed by atoms with van der Waals surface area (Å²) in [7, 11) is 0. The van der Waals surface area contributed by atoms with Crippen LogP contribution in [-0.2, 0) is 0 Å². The minimum absolute atomic E-state index is 0.109. The van der Waals surface area contributed by atoms with E-state index in [1.54, 1.807) is 30.3 Å². The predicted molar refractivity (Wildman–Crippen MR) is 78.7 cm³/mol. The molecule has 3 rings (SSSR count). The topological polar surface area (TPSA) is 68.0 Å². The molecule has 7 heteroatoms. The third-order valence-corrected chi connectivity index (χ3v) is 3.29. The molecule has 3 aromatic rings. The fourth-order valence-electron chi connectivity index (χ4n) is 2.11. The number of aromatic nitrogens is 3. The Morgan fingerprint density at radius 1 is 1.18 bits per heavy atom. The Bertz CT molecular complexity index is 863. The first kappa shape index (κ1) is 14.2. The van der Waals surface area contributed by atoms with E-state index < -0.39 is 11.8 Å². The maximum atomic E-state index is 14.0. The second-order valence-electron chi connectivity index (χ2n) is 4.47. The van der Waals surface area contributed by atoms with Crippen LogP contribution in [0.2, 0.25) is 5.02 Å². The molecule has 0 aliphatic carbocycles. The lowest BCUT2D eigenvalue weighted by molar-refractivity contribution is 0.0691. The van der Waals surface area contributed by atoms with Gasteiger partial charge < -0.3 is 5.11 Å². The molecule has 0 fully saturated rings. The van der Waals surface area contributed by atoms with Gasteiger partial charge in [-0.3, -0.25) is 0 Å². The first-order chi connectivity index (χ1) is 10.6. The molecule has 0 spiro atoms. The number of rotatable bonds is 3. The van der Waals surface area contributed by atoms with Crippen LogP contribution >= 0.6 is 11.6 Å². The molecular formula is C15H9ClFN3O2. The Labute approximate surface area is 129 Å². The Morgan fingerprint density at radius 2 is 1.95 bits per heavy atom. The monoisotopic (exact) mass is 317 g/mol. The van der Waals surface area contributed by atoms with E-state index in [4.69, 9.17) is 11.6 Å². The van der Waals surface area contributed by atoms with Crippen molar-refractivity contribution in [2.24, 2.45) is 0 Å². The van der Waals surface area contributed by atoms with E-state index in [0.29, 0.717) is 10.6 Å². The zero-order valence-corrected chi connectivity index (χ0v) is 11.8. The van der Waals surface area contributed by atoms with Crippen molar-refractivity contribution < 1.29 is 14.3 Å². The quantitative estimate of drug-likeness (QED) is 0.803. The van der Waals surface area contributed by atoms with E-state index in [-0.39, 0.29) is 17.1 Å². The second kappa shape index (κ2) is 5.57. The SMILES string of the molecule is O=C(O)c1nnn(-c2ccccc2F)c1-c1cccc(Cl)c1. The van der Waals surface area contributed by atoms with E-state index in [1.165, 1.54) is 18.2 Å². The van der Waals surface area contributed by atoms with Crippen molar-refractivity contribution in [1.82, 2.24) is 15.0 Å². The van der Waals surface area contributed by atoms with Crippen LogP contribution in [0, 0.1) is 5.82 Å². The number of benzene rings is 2. The summed E-state index contributed by atoms with van der Waals surface area (Å²) in [5.74, 6) is -1.79. The Balaban J connectivity index is 2.29. The van der Waals surface area contributed by atoms with E-state index in [0.717, 1.165) is 4.68 Å². The summed E-state index contributed by atoms with van der Waals surface area (Å²) in [5.41, 5.74) is 0.487. The number of carbonyl (C=O) groups is 1. The number of hydrogen-bond donors (Lipinski definition) is 1. The van der Waals surface area contributed by atoms with E-state index >= 15 is 0 Å². The van der Waals surface area contributed by atoms with Crippen LogP contribution in [-0.4, -0.2) is 26.1 Å². The standard InChI is InChI=1S/C15H9ClFN3O2/c16-10-5-3-4-9(8-10)14-13(15(21)22)18-19-20(14)12-7-2-1-6-11(12)17/h1-8H,(H,21,22). The molecule has 0 saturated heterocycles. The molecule has 110 valence electrons. The number of hydrogen-bond acceptors (Lipinski definition) is 3. The largest absolute Gasteiger partial charge is 0.476 e. The van der Waals surface area contributed by atoms with Gasteiger partial charge in [-0.2, -0.15) is 0 Å². The van der Waals surface area contributed by atoms with Gasteiger partial charge in [0.25, 0.3) is 0 Å². The summed E-state index contributed by atoms with van der Waals surface area (Å²) in [6, 6.07) is 12.5. The second-order valence-corrected chi connectivity index (χ2v) is 4.90. The van der Waals surface area contributed by atoms with Crippen LogP contribution in [0.3, 0.4) is 0 Å². The molecule has 0 amide bonds. The molecule has 1 heterocycles. The highest BCUT2D eigenvalue weighted by Gasteiger charge is 2.22. The number of para-hydroxylation sites is 1. The van der Waals surface area contributed by atoms with E-state index in [1.807, 2.05) is 0 Å². The van der Waals surface area contributed by atoms with Crippen LogP contribution in [0.5, 0.6) is 0 Å². The molecule has 5 nitrogen and oxygen atoms in total. The van der Waals surface area contributed by atoms with Gasteiger partial charge in [-0.15, -0.1) is 5.10 Å². The maximum Gasteiger partial charge on any atom is 0.358 e. The molecule has 1 N–H and O–H groups in total. The first-order valence-corrected chi connectivity index (χ1v) is 6.65. The molecule has 0 saturated carbocycles. The minimum Gasteiger partial charge on any atom is -0.476 e. The van der Waals surface area contributed by atoms with Gasteiger partial charge in [0.1, 0.15) is 17.2 Å². The third kappa shape index (κ3) is 2.44. The lowest BCUT2D eigenvalue weighted by Crippen LogP contribution is -2.04. The molecule has 1 aromatic heterocycles. The zero-order chi connectivity index (χ0) is 15.7. The van der Waals surface area contributed by atoms with Crippen LogP contribution < -0.4 is 0 Å². The van der Waals surface area contributed by atoms with Crippen molar-refractivity contribution in [2.75, 3.05) is 0 Å². The van der Waals surface area contributed by atoms with Gasteiger partial charge >= 0.3 is 5.97 Å². The summed E-state index contributed by atoms with van der Waals surface area (Å²) in [4.78, 5) is 11.4. The van der Waals surface area contributed by atoms with Gasteiger partial charge in [-0.1, -0.05) is 41.1 Å². The summed E-state index contributed by atoms with van der Waals surface area (Å²) in [5, 5.41) is 17.1. The molecule has 0 aliphatic heterocycles. The average molecular weight is 318 g/mol. The van der Waals surface area contributed by atoms with Crippen LogP contribution in [0.4, 0.5) is 4.39 Å². The highest BCUT2D eigenvalue weighted by atomic mass is 35.5. The molecule has 0 unspecified atom stereocenters. The van der Waals surface area contributed by atoms with Gasteiger partial charge in [-0.25, -0.2) is 13.9 Å². The lowest BCUT2D eigenvalue weighted by Gasteiger charge is -2.08. The van der Waals surface area contributed by atoms with E-state index in [9.17, 15) is 14.3 Å². The fraction of sp³-hybridized carbons (Fsp3) is 0. The van der Waals surface area contributed by atoms with Gasteiger partial charge in [0.2, 0.25) is 0 Å². The van der Waals surface area contributed by atoms with Crippen molar-refractivity contribution in [3.63, 3.8) is 0 Å². The molecule has 2 aromatic carbocycles. The summed E-state index contributed by atoms with van der Waals surface area (Å²) < 4.78 is 15.2. The molecule has 22 heavy (non-hydrogen) atoms. The molecule has 0 aliphatic rings. The summed E-state index contributed by atoms with van der Waals surface area (Å²) >= 11 is 5.95. The summed E-state index contributed by atoms with van der Waals surface area (Å²) in [6.45, 7) is 0. The molecular weight excluding hydrogens is 309 g/mol. The van der Waals surface area contributed by atoms with Crippen molar-refractivity contribution >= 4 is 17.6 Å². The lowest BCUT2D eigenvalue weighted by atomic mass is 10.1. The highest BCUT2D eigenvalue weighted by molar-refractivity contribution is 6.30. The predicted octanol–water partition coefficient (Wildman–Crippen LogP) is 3.43. The normalized spacial score (nSPS) is 10.6.